The summed E-state index contributed by atoms with van der Waals surface area (Å²) in [7, 11) is 0. The molecule has 0 aromatic carbocycles. The van der Waals surface area contributed by atoms with Crippen LogP contribution in [0.3, 0.4) is 0 Å². The van der Waals surface area contributed by atoms with E-state index < -0.39 is 130 Å². The summed E-state index contributed by atoms with van der Waals surface area (Å²) in [5, 5.41) is 44.5. The Kier molecular flexibility index (Phi) is 17.5. The fourth-order valence-corrected chi connectivity index (χ4v) is 5.18. The van der Waals surface area contributed by atoms with Gasteiger partial charge in [0.25, 0.3) is 0 Å². The number of ketones is 2. The van der Waals surface area contributed by atoms with E-state index in [1.807, 2.05) is 0 Å². The van der Waals surface area contributed by atoms with Gasteiger partial charge < -0.3 is 0 Å². The Hall–Kier alpha value is -2.73. The van der Waals surface area contributed by atoms with Gasteiger partial charge in [0.15, 0.2) is 11.1 Å². The second kappa shape index (κ2) is 18.5. The fourth-order valence-electron chi connectivity index (χ4n) is 5.18. The molecule has 0 amide bonds. The van der Waals surface area contributed by atoms with E-state index in [1.54, 1.807) is 0 Å². The molecule has 2 atom stereocenters. The Bertz CT molecular complexity index is 1760. The van der Waals surface area contributed by atoms with Gasteiger partial charge in [-0.05, 0) is 26.7 Å². The first-order valence-electron chi connectivity index (χ1n) is 13.8. The SMILES string of the molecule is [C-]#[N+]C1=C(C(F)(F)F)C(C(=O)CCC(C)(C#N)N=NC(C)(C#N)CCC(=O)C2C(C(F)(F)F)=C(C#N)C(C#N)=C2C(F)(F)F)C(C(F)(F)F)=C1[N+]#[C-].[K+].[K+]. The molecule has 2 unspecified atom stereocenters. The van der Waals surface area contributed by atoms with Crippen molar-refractivity contribution in [2.75, 3.05) is 0 Å². The molecule has 0 saturated heterocycles. The van der Waals surface area contributed by atoms with Crippen molar-refractivity contribution >= 4 is 11.6 Å². The average molecular weight is 827 g/mol. The Morgan fingerprint density at radius 3 is 1.06 bits per heavy atom. The molecule has 0 N–H and O–H groups in total. The molecule has 0 bridgehead atoms. The quantitative estimate of drug-likeness (QED) is 0.142. The van der Waals surface area contributed by atoms with Crippen LogP contribution < -0.4 is 103 Å². The van der Waals surface area contributed by atoms with Crippen molar-refractivity contribution in [1.29, 1.82) is 21.0 Å². The zero-order valence-corrected chi connectivity index (χ0v) is 34.2. The minimum absolute atomic E-state index is 0. The Morgan fingerprint density at radius 2 is 0.852 bits per heavy atom. The van der Waals surface area contributed by atoms with Crippen LogP contribution in [0.25, 0.3) is 9.69 Å². The van der Waals surface area contributed by atoms with E-state index in [1.165, 1.54) is 12.1 Å². The predicted octanol–water partition coefficient (Wildman–Crippen LogP) is 2.21. The molecule has 24 heteroatoms. The topological polar surface area (TPSA) is 163 Å². The maximum Gasteiger partial charge on any atom is 1.00 e. The Labute approximate surface area is 382 Å². The van der Waals surface area contributed by atoms with Crippen LogP contribution in [0.15, 0.2) is 55.1 Å². The van der Waals surface area contributed by atoms with Crippen LogP contribution in [-0.4, -0.2) is 47.3 Å². The standard InChI is InChI=1S/C30H16F12N8O2.2K/c1-25(11-45,7-5-15(51)17-19(27(31,32)33)13(9-43)14(10-44)20(17)28(34,35)36)49-50-26(2,12-46)8-6-16(52)18-21(29(37,38)39)23(47-3)24(48-4)22(18)30(40,41)42;;/h17-18H,5-8H2,1-2H3;;/q;2*+1. The van der Waals surface area contributed by atoms with Gasteiger partial charge in [-0.3, -0.25) is 9.59 Å². The maximum absolute atomic E-state index is 13.8. The number of rotatable bonds is 10. The summed E-state index contributed by atoms with van der Waals surface area (Å²) in [4.78, 5) is 30.6. The van der Waals surface area contributed by atoms with E-state index in [0.717, 1.165) is 26.0 Å². The minimum Gasteiger partial charge on any atom is -0.299 e. The van der Waals surface area contributed by atoms with Crippen LogP contribution in [0.4, 0.5) is 52.7 Å². The second-order valence-electron chi connectivity index (χ2n) is 11.3. The molecule has 54 heavy (non-hydrogen) atoms. The molecule has 0 aromatic heterocycles. The number of carbonyl (C=O) groups excluding carboxylic acids is 2. The summed E-state index contributed by atoms with van der Waals surface area (Å²) < 4.78 is 166. The number of nitriles is 4. The van der Waals surface area contributed by atoms with Gasteiger partial charge in [-0.15, -0.1) is 0 Å². The predicted molar refractivity (Wildman–Crippen MR) is 145 cm³/mol. The normalized spacial score (nSPS) is 18.0. The van der Waals surface area contributed by atoms with E-state index in [0.29, 0.717) is 0 Å². The van der Waals surface area contributed by atoms with Crippen LogP contribution in [0.2, 0.25) is 0 Å². The number of nitrogens with zero attached hydrogens (tertiary/aromatic N) is 8. The van der Waals surface area contributed by atoms with Crippen molar-refractivity contribution in [3.05, 3.63) is 67.7 Å². The number of allylic oxidation sites excluding steroid dienone is 6. The van der Waals surface area contributed by atoms with Crippen molar-refractivity contribution in [2.24, 2.45) is 22.1 Å². The van der Waals surface area contributed by atoms with Crippen LogP contribution >= 0.6 is 0 Å². The van der Waals surface area contributed by atoms with E-state index >= 15 is 0 Å². The van der Waals surface area contributed by atoms with Gasteiger partial charge in [0, 0.05) is 24.0 Å². The third kappa shape index (κ3) is 11.0. The number of halogens is 12. The van der Waals surface area contributed by atoms with Gasteiger partial charge in [0.2, 0.25) is 11.4 Å². The number of azo groups is 1. The molecule has 10 nitrogen and oxygen atoms in total. The molecule has 2 aliphatic rings. The van der Waals surface area contributed by atoms with Crippen molar-refractivity contribution in [2.45, 2.75) is 75.3 Å². The maximum atomic E-state index is 13.8. The van der Waals surface area contributed by atoms with Crippen molar-refractivity contribution in [3.8, 4) is 24.3 Å². The average Bonchev–Trinajstić information content (AvgIpc) is 3.59. The van der Waals surface area contributed by atoms with Crippen molar-refractivity contribution in [1.82, 2.24) is 0 Å². The molecule has 0 aliphatic heterocycles. The number of hydrogen-bond acceptors (Lipinski definition) is 8. The molecule has 0 aromatic rings. The summed E-state index contributed by atoms with van der Waals surface area (Å²) >= 11 is 0. The molecular weight excluding hydrogens is 811 g/mol. The molecular formula is C30H16F12K2N8O2+2. The van der Waals surface area contributed by atoms with Gasteiger partial charge >= 0.3 is 127 Å². The van der Waals surface area contributed by atoms with Gasteiger partial charge in [0.1, 0.15) is 23.7 Å². The second-order valence-corrected chi connectivity index (χ2v) is 11.3. The molecule has 0 saturated carbocycles. The number of hydrogen-bond donors (Lipinski definition) is 0. The van der Waals surface area contributed by atoms with E-state index in [2.05, 4.69) is 19.9 Å². The molecule has 2 aliphatic carbocycles. The molecule has 0 heterocycles. The van der Waals surface area contributed by atoms with Crippen LogP contribution in [0, 0.1) is 70.3 Å². The Balaban J connectivity index is 0.0000140. The summed E-state index contributed by atoms with van der Waals surface area (Å²) in [5.41, 5.74) is -20.8. The molecule has 0 spiro atoms. The van der Waals surface area contributed by atoms with Crippen LogP contribution in [-0.2, 0) is 9.59 Å². The number of carbonyl (C=O) groups is 2. The molecule has 272 valence electrons. The third-order valence-electron chi connectivity index (χ3n) is 7.68. The smallest absolute Gasteiger partial charge is 0.299 e. The first-order chi connectivity index (χ1) is 23.6. The van der Waals surface area contributed by atoms with E-state index in [-0.39, 0.29) is 103 Å². The number of alkyl halides is 12. The van der Waals surface area contributed by atoms with E-state index in [9.17, 15) is 72.8 Å². The molecule has 0 fully saturated rings. The summed E-state index contributed by atoms with van der Waals surface area (Å²) in [5.74, 6) is -10.1. The van der Waals surface area contributed by atoms with Gasteiger partial charge in [0.05, 0.1) is 59.4 Å². The third-order valence-corrected chi connectivity index (χ3v) is 7.68. The summed E-state index contributed by atoms with van der Waals surface area (Å²) in [6, 6.07) is 4.58. The van der Waals surface area contributed by atoms with Gasteiger partial charge in [-0.2, -0.15) is 84.0 Å². The van der Waals surface area contributed by atoms with Crippen molar-refractivity contribution in [3.63, 3.8) is 0 Å². The van der Waals surface area contributed by atoms with E-state index in [4.69, 9.17) is 23.7 Å². The van der Waals surface area contributed by atoms with Gasteiger partial charge in [-0.25, -0.2) is 9.69 Å². The van der Waals surface area contributed by atoms with Crippen LogP contribution in [0.5, 0.6) is 0 Å². The van der Waals surface area contributed by atoms with Gasteiger partial charge in [-0.1, -0.05) is 0 Å². The first kappa shape index (κ1) is 51.3. The summed E-state index contributed by atoms with van der Waals surface area (Å²) in [6.07, 6.45) is -27.5. The minimum atomic E-state index is -5.72. The van der Waals surface area contributed by atoms with Crippen LogP contribution in [0.1, 0.15) is 39.5 Å². The Morgan fingerprint density at radius 1 is 0.593 bits per heavy atom. The zero-order chi connectivity index (χ0) is 40.4. The van der Waals surface area contributed by atoms with Crippen molar-refractivity contribution < 1.29 is 165 Å². The zero-order valence-electron chi connectivity index (χ0n) is 27.9. The summed E-state index contributed by atoms with van der Waals surface area (Å²) in [6.45, 7) is 15.5. The fraction of sp³-hybridized carbons (Fsp3) is 0.467. The number of Topliss-reactive ketones (excluding diaryl/α,β-unsaturated/α-hetero) is 2. The monoisotopic (exact) mass is 826 g/mol. The first-order valence-corrected chi connectivity index (χ1v) is 13.8. The molecule has 0 radical (unpaired) electrons. The molecule has 2 rings (SSSR count). The largest absolute Gasteiger partial charge is 1.00 e.